The van der Waals surface area contributed by atoms with E-state index in [1.807, 2.05) is 19.1 Å². The number of ketones is 1. The Morgan fingerprint density at radius 3 is 2.94 bits per heavy atom. The van der Waals surface area contributed by atoms with E-state index in [0.29, 0.717) is 23.6 Å². The Morgan fingerprint density at radius 1 is 1.28 bits per heavy atom. The predicted molar refractivity (Wildman–Crippen MR) is 65.8 cm³/mol. The van der Waals surface area contributed by atoms with E-state index < -0.39 is 0 Å². The van der Waals surface area contributed by atoms with Crippen LogP contribution in [0.15, 0.2) is 30.6 Å². The van der Waals surface area contributed by atoms with Gasteiger partial charge in [0.25, 0.3) is 0 Å². The number of aryl methyl sites for hydroxylation is 1. The van der Waals surface area contributed by atoms with E-state index in [-0.39, 0.29) is 5.78 Å². The normalized spacial score (nSPS) is 12.9. The molecule has 2 heterocycles. The van der Waals surface area contributed by atoms with Crippen LogP contribution in [0.1, 0.15) is 27.3 Å². The van der Waals surface area contributed by atoms with Crippen LogP contribution in [0.5, 0.6) is 5.75 Å². The third kappa shape index (κ3) is 1.76. The van der Waals surface area contributed by atoms with Crippen LogP contribution in [0.25, 0.3) is 0 Å². The first-order valence-corrected chi connectivity index (χ1v) is 5.84. The third-order valence-electron chi connectivity index (χ3n) is 2.97. The number of carbonyl (C=O) groups is 1. The highest BCUT2D eigenvalue weighted by Gasteiger charge is 2.22. The molecule has 0 spiro atoms. The van der Waals surface area contributed by atoms with Gasteiger partial charge in [0.15, 0.2) is 0 Å². The summed E-state index contributed by atoms with van der Waals surface area (Å²) in [5.74, 6) is 0.561. The number of para-hydroxylation sites is 1. The number of benzene rings is 1. The molecule has 0 atom stereocenters. The summed E-state index contributed by atoms with van der Waals surface area (Å²) in [5, 5.41) is 0. The standard InChI is InChI=1S/C14H12N2O2/c1-9-7-16-12(8-15-9)13(17)11-4-2-3-10-5-6-18-14(10)11/h2-4,7-8H,5-6H2,1H3. The van der Waals surface area contributed by atoms with E-state index in [9.17, 15) is 4.79 Å². The summed E-state index contributed by atoms with van der Waals surface area (Å²) in [5.41, 5.74) is 2.80. The molecule has 4 heteroatoms. The zero-order valence-electron chi connectivity index (χ0n) is 10.0. The Morgan fingerprint density at radius 2 is 2.17 bits per heavy atom. The Balaban J connectivity index is 2.03. The maximum absolute atomic E-state index is 12.3. The molecule has 90 valence electrons. The second-order valence-electron chi connectivity index (χ2n) is 4.26. The lowest BCUT2D eigenvalue weighted by molar-refractivity contribution is 0.103. The number of rotatable bonds is 2. The molecule has 0 fully saturated rings. The van der Waals surface area contributed by atoms with Gasteiger partial charge in [0.1, 0.15) is 11.4 Å². The molecule has 0 amide bonds. The van der Waals surface area contributed by atoms with Crippen LogP contribution in [0, 0.1) is 6.92 Å². The van der Waals surface area contributed by atoms with E-state index in [2.05, 4.69) is 9.97 Å². The van der Waals surface area contributed by atoms with Crippen molar-refractivity contribution in [3.63, 3.8) is 0 Å². The quantitative estimate of drug-likeness (QED) is 0.753. The first kappa shape index (κ1) is 10.9. The maximum Gasteiger partial charge on any atom is 0.216 e. The van der Waals surface area contributed by atoms with Crippen molar-refractivity contribution in [3.05, 3.63) is 53.1 Å². The lowest BCUT2D eigenvalue weighted by Crippen LogP contribution is -2.06. The van der Waals surface area contributed by atoms with Gasteiger partial charge >= 0.3 is 0 Å². The van der Waals surface area contributed by atoms with Crippen molar-refractivity contribution in [2.45, 2.75) is 13.3 Å². The van der Waals surface area contributed by atoms with Gasteiger partial charge in [-0.2, -0.15) is 0 Å². The van der Waals surface area contributed by atoms with Gasteiger partial charge in [-0.3, -0.25) is 9.78 Å². The Bertz CT molecular complexity index is 606. The van der Waals surface area contributed by atoms with Crippen molar-refractivity contribution < 1.29 is 9.53 Å². The Kier molecular flexibility index (Phi) is 2.55. The molecule has 0 saturated heterocycles. The molecule has 1 aromatic carbocycles. The molecule has 0 N–H and O–H groups in total. The molecule has 1 aromatic heterocycles. The molecule has 1 aliphatic rings. The van der Waals surface area contributed by atoms with Gasteiger partial charge in [-0.25, -0.2) is 4.98 Å². The highest BCUT2D eigenvalue weighted by molar-refractivity contribution is 6.09. The van der Waals surface area contributed by atoms with Crippen molar-refractivity contribution in [2.24, 2.45) is 0 Å². The average molecular weight is 240 g/mol. The number of aromatic nitrogens is 2. The minimum Gasteiger partial charge on any atom is -0.492 e. The number of ether oxygens (including phenoxy) is 1. The summed E-state index contributed by atoms with van der Waals surface area (Å²) in [6.45, 7) is 2.48. The summed E-state index contributed by atoms with van der Waals surface area (Å²) >= 11 is 0. The van der Waals surface area contributed by atoms with Crippen molar-refractivity contribution in [1.82, 2.24) is 9.97 Å². The molecular weight excluding hydrogens is 228 g/mol. The third-order valence-corrected chi connectivity index (χ3v) is 2.97. The lowest BCUT2D eigenvalue weighted by atomic mass is 10.0. The summed E-state index contributed by atoms with van der Waals surface area (Å²) < 4.78 is 5.53. The van der Waals surface area contributed by atoms with Crippen LogP contribution in [0.4, 0.5) is 0 Å². The van der Waals surface area contributed by atoms with E-state index in [4.69, 9.17) is 4.74 Å². The molecule has 4 nitrogen and oxygen atoms in total. The molecule has 1 aliphatic heterocycles. The van der Waals surface area contributed by atoms with Gasteiger partial charge in [0.2, 0.25) is 5.78 Å². The van der Waals surface area contributed by atoms with Gasteiger partial charge < -0.3 is 4.74 Å². The van der Waals surface area contributed by atoms with E-state index in [1.165, 1.54) is 6.20 Å². The number of hydrogen-bond donors (Lipinski definition) is 0. The van der Waals surface area contributed by atoms with Crippen molar-refractivity contribution in [1.29, 1.82) is 0 Å². The van der Waals surface area contributed by atoms with Gasteiger partial charge in [0.05, 0.1) is 24.1 Å². The molecule has 0 unspecified atom stereocenters. The first-order chi connectivity index (χ1) is 8.75. The van der Waals surface area contributed by atoms with E-state index in [0.717, 1.165) is 17.7 Å². The van der Waals surface area contributed by atoms with Gasteiger partial charge in [-0.15, -0.1) is 0 Å². The number of carbonyl (C=O) groups excluding carboxylic acids is 1. The SMILES string of the molecule is Cc1cnc(C(=O)c2cccc3c2OCC3)cn1. The fourth-order valence-electron chi connectivity index (χ4n) is 2.04. The van der Waals surface area contributed by atoms with Crippen LogP contribution in [0.3, 0.4) is 0 Å². The Hall–Kier alpha value is -2.23. The number of nitrogens with zero attached hydrogens (tertiary/aromatic N) is 2. The zero-order chi connectivity index (χ0) is 12.5. The van der Waals surface area contributed by atoms with Gasteiger partial charge in [-0.05, 0) is 18.6 Å². The zero-order valence-corrected chi connectivity index (χ0v) is 10.0. The van der Waals surface area contributed by atoms with Crippen LogP contribution in [-0.4, -0.2) is 22.4 Å². The van der Waals surface area contributed by atoms with Crippen LogP contribution < -0.4 is 4.74 Å². The molecule has 2 aromatic rings. The molecule has 0 aliphatic carbocycles. The first-order valence-electron chi connectivity index (χ1n) is 5.84. The summed E-state index contributed by atoms with van der Waals surface area (Å²) in [4.78, 5) is 20.5. The van der Waals surface area contributed by atoms with Crippen molar-refractivity contribution >= 4 is 5.78 Å². The lowest BCUT2D eigenvalue weighted by Gasteiger charge is -2.06. The highest BCUT2D eigenvalue weighted by Crippen LogP contribution is 2.30. The number of hydrogen-bond acceptors (Lipinski definition) is 4. The molecule has 0 radical (unpaired) electrons. The minimum absolute atomic E-state index is 0.138. The largest absolute Gasteiger partial charge is 0.492 e. The average Bonchev–Trinajstić information content (AvgIpc) is 2.87. The molecule has 0 saturated carbocycles. The summed E-state index contributed by atoms with van der Waals surface area (Å²) in [6, 6.07) is 5.64. The van der Waals surface area contributed by atoms with Crippen LogP contribution in [-0.2, 0) is 6.42 Å². The summed E-state index contributed by atoms with van der Waals surface area (Å²) in [6.07, 6.45) is 3.96. The fraction of sp³-hybridized carbons (Fsp3) is 0.214. The van der Waals surface area contributed by atoms with Crippen LogP contribution >= 0.6 is 0 Å². The smallest absolute Gasteiger partial charge is 0.216 e. The molecule has 3 rings (SSSR count). The van der Waals surface area contributed by atoms with Crippen molar-refractivity contribution in [2.75, 3.05) is 6.61 Å². The monoisotopic (exact) mass is 240 g/mol. The molecule has 0 bridgehead atoms. The maximum atomic E-state index is 12.3. The second kappa shape index (κ2) is 4.22. The fourth-order valence-corrected chi connectivity index (χ4v) is 2.04. The predicted octanol–water partition coefficient (Wildman–Crippen LogP) is 1.95. The molecular formula is C14H12N2O2. The van der Waals surface area contributed by atoms with Gasteiger partial charge in [0, 0.05) is 12.6 Å². The number of fused-ring (bicyclic) bond motifs is 1. The summed E-state index contributed by atoms with van der Waals surface area (Å²) in [7, 11) is 0. The highest BCUT2D eigenvalue weighted by atomic mass is 16.5. The minimum atomic E-state index is -0.138. The molecule has 18 heavy (non-hydrogen) atoms. The topological polar surface area (TPSA) is 52.1 Å². The van der Waals surface area contributed by atoms with Gasteiger partial charge in [-0.1, -0.05) is 12.1 Å². The van der Waals surface area contributed by atoms with Crippen molar-refractivity contribution in [3.8, 4) is 5.75 Å². The Labute approximate surface area is 105 Å². The van der Waals surface area contributed by atoms with E-state index >= 15 is 0 Å². The van der Waals surface area contributed by atoms with E-state index in [1.54, 1.807) is 12.3 Å². The van der Waals surface area contributed by atoms with Crippen LogP contribution in [0.2, 0.25) is 0 Å². The second-order valence-corrected chi connectivity index (χ2v) is 4.26.